The van der Waals surface area contributed by atoms with E-state index in [9.17, 15) is 19.5 Å². The van der Waals surface area contributed by atoms with Gasteiger partial charge in [-0.15, -0.1) is 0 Å². The third-order valence-corrected chi connectivity index (χ3v) is 7.10. The summed E-state index contributed by atoms with van der Waals surface area (Å²) in [5.74, 6) is -1.47. The van der Waals surface area contributed by atoms with Gasteiger partial charge in [0.1, 0.15) is 12.4 Å². The second kappa shape index (κ2) is 7.56. The summed E-state index contributed by atoms with van der Waals surface area (Å²) in [5.41, 5.74) is 1.59. The summed E-state index contributed by atoms with van der Waals surface area (Å²) in [7, 11) is 1.30. The van der Waals surface area contributed by atoms with Gasteiger partial charge in [-0.3, -0.25) is 9.59 Å². The van der Waals surface area contributed by atoms with Crippen LogP contribution in [0.4, 0.5) is 0 Å². The number of carbonyl (C=O) groups excluding carboxylic acids is 2. The van der Waals surface area contributed by atoms with Crippen LogP contribution in [-0.2, 0) is 20.9 Å². The molecule has 4 heterocycles. The first-order valence-electron chi connectivity index (χ1n) is 10.6. The van der Waals surface area contributed by atoms with E-state index in [0.717, 1.165) is 19.3 Å². The molecule has 2 aromatic rings. The molecule has 5 rings (SSSR count). The van der Waals surface area contributed by atoms with E-state index < -0.39 is 24.0 Å². The molecule has 1 N–H and O–H groups in total. The van der Waals surface area contributed by atoms with Crippen LogP contribution < -0.4 is 5.56 Å². The van der Waals surface area contributed by atoms with Crippen molar-refractivity contribution in [3.8, 4) is 11.1 Å². The topological polar surface area (TPSA) is 115 Å². The number of aromatic nitrogens is 3. The Morgan fingerprint density at radius 1 is 1.23 bits per heavy atom. The number of fused-ring (bicyclic) bond motifs is 3. The van der Waals surface area contributed by atoms with Crippen molar-refractivity contribution in [1.82, 2.24) is 19.4 Å². The Bertz CT molecular complexity index is 1080. The number of carbonyl (C=O) groups is 2. The quantitative estimate of drug-likeness (QED) is 0.721. The molecule has 1 saturated carbocycles. The van der Waals surface area contributed by atoms with E-state index in [-0.39, 0.29) is 29.9 Å². The van der Waals surface area contributed by atoms with Gasteiger partial charge in [-0.1, -0.05) is 6.42 Å². The standard InChI is InChI=1S/C22H24N4O5/c1-31-22(30)19-16(10-27)15-9-25-17(18(15)26(19)20(28)12-3-2-4-12)6-5-14(21(25)29)13-7-23-11-24-8-13/h5-8,11-12,15-16,18-19,27H,2-4,9-10H2,1H3/t15-,16-,18+,19-/m1/s1. The first-order chi connectivity index (χ1) is 15.1. The largest absolute Gasteiger partial charge is 0.467 e. The van der Waals surface area contributed by atoms with Gasteiger partial charge in [-0.05, 0) is 25.0 Å². The minimum Gasteiger partial charge on any atom is -0.467 e. The van der Waals surface area contributed by atoms with Gasteiger partial charge in [0.25, 0.3) is 5.56 Å². The van der Waals surface area contributed by atoms with Crippen molar-refractivity contribution >= 4 is 11.9 Å². The highest BCUT2D eigenvalue weighted by atomic mass is 16.5. The lowest BCUT2D eigenvalue weighted by molar-refractivity contribution is -0.156. The van der Waals surface area contributed by atoms with Crippen LogP contribution in [0.5, 0.6) is 0 Å². The van der Waals surface area contributed by atoms with Crippen molar-refractivity contribution in [2.75, 3.05) is 13.7 Å². The van der Waals surface area contributed by atoms with E-state index >= 15 is 0 Å². The summed E-state index contributed by atoms with van der Waals surface area (Å²) in [4.78, 5) is 48.9. The van der Waals surface area contributed by atoms with Crippen molar-refractivity contribution < 1.29 is 19.4 Å². The van der Waals surface area contributed by atoms with E-state index in [1.54, 1.807) is 27.9 Å². The number of methoxy groups -OCH3 is 1. The third-order valence-electron chi connectivity index (χ3n) is 7.10. The molecule has 31 heavy (non-hydrogen) atoms. The highest BCUT2D eigenvalue weighted by molar-refractivity contribution is 5.88. The molecule has 2 aliphatic heterocycles. The fourth-order valence-corrected chi connectivity index (χ4v) is 5.34. The molecule has 9 heteroatoms. The predicted octanol–water partition coefficient (Wildman–Crippen LogP) is 0.769. The first kappa shape index (κ1) is 19.9. The number of likely N-dealkylation sites (tertiary alicyclic amines) is 1. The number of hydrogen-bond donors (Lipinski definition) is 1. The number of amides is 1. The van der Waals surface area contributed by atoms with Gasteiger partial charge in [0.15, 0.2) is 0 Å². The van der Waals surface area contributed by atoms with Gasteiger partial charge in [-0.2, -0.15) is 0 Å². The summed E-state index contributed by atoms with van der Waals surface area (Å²) in [6, 6.07) is 2.27. The molecular formula is C22H24N4O5. The molecule has 4 atom stereocenters. The number of pyridine rings is 1. The smallest absolute Gasteiger partial charge is 0.328 e. The maximum absolute atomic E-state index is 13.4. The number of nitrogens with zero attached hydrogens (tertiary/aromatic N) is 4. The SMILES string of the molecule is COC(=O)[C@H]1[C@H](CO)[C@H]2Cn3c(ccc(-c4cncnc4)c3=O)[C@H]2N1C(=O)C1CCC1. The van der Waals surface area contributed by atoms with Crippen LogP contribution in [0.15, 0.2) is 35.6 Å². The summed E-state index contributed by atoms with van der Waals surface area (Å²) in [6.07, 6.45) is 7.16. The average Bonchev–Trinajstić information content (AvgIpc) is 3.27. The Balaban J connectivity index is 1.61. The number of esters is 1. The van der Waals surface area contributed by atoms with Gasteiger partial charge in [0, 0.05) is 54.6 Å². The van der Waals surface area contributed by atoms with Crippen LogP contribution in [0.1, 0.15) is 31.0 Å². The van der Waals surface area contributed by atoms with Crippen LogP contribution in [0.25, 0.3) is 11.1 Å². The fraction of sp³-hybridized carbons (Fsp3) is 0.500. The molecule has 1 amide bonds. The summed E-state index contributed by atoms with van der Waals surface area (Å²) in [5, 5.41) is 10.2. The minimum absolute atomic E-state index is 0.0889. The summed E-state index contributed by atoms with van der Waals surface area (Å²) >= 11 is 0. The van der Waals surface area contributed by atoms with E-state index in [1.165, 1.54) is 13.4 Å². The van der Waals surface area contributed by atoms with Crippen LogP contribution in [0, 0.1) is 17.8 Å². The highest BCUT2D eigenvalue weighted by Gasteiger charge is 2.58. The number of aliphatic hydroxyl groups excluding tert-OH is 1. The molecule has 0 aromatic carbocycles. The molecule has 162 valence electrons. The lowest BCUT2D eigenvalue weighted by atomic mass is 9.84. The first-order valence-corrected chi connectivity index (χ1v) is 10.6. The molecular weight excluding hydrogens is 400 g/mol. The van der Waals surface area contributed by atoms with Crippen molar-refractivity contribution in [2.24, 2.45) is 17.8 Å². The second-order valence-corrected chi connectivity index (χ2v) is 8.51. The minimum atomic E-state index is -0.843. The van der Waals surface area contributed by atoms with Crippen LogP contribution in [0.3, 0.4) is 0 Å². The fourth-order valence-electron chi connectivity index (χ4n) is 5.34. The predicted molar refractivity (Wildman–Crippen MR) is 109 cm³/mol. The van der Waals surface area contributed by atoms with Crippen molar-refractivity contribution in [2.45, 2.75) is 37.9 Å². The lowest BCUT2D eigenvalue weighted by Gasteiger charge is -2.35. The summed E-state index contributed by atoms with van der Waals surface area (Å²) in [6.45, 7) is 0.0605. The van der Waals surface area contributed by atoms with Crippen LogP contribution in [0.2, 0.25) is 0 Å². The Kier molecular flexibility index (Phi) is 4.85. The molecule has 1 aliphatic carbocycles. The number of rotatable bonds is 4. The molecule has 0 bridgehead atoms. The van der Waals surface area contributed by atoms with Gasteiger partial charge in [-0.25, -0.2) is 14.8 Å². The molecule has 0 unspecified atom stereocenters. The van der Waals surface area contributed by atoms with E-state index in [0.29, 0.717) is 23.4 Å². The zero-order chi connectivity index (χ0) is 21.7. The van der Waals surface area contributed by atoms with Gasteiger partial charge < -0.3 is 19.3 Å². The maximum Gasteiger partial charge on any atom is 0.328 e. The Hall–Kier alpha value is -3.07. The molecule has 0 spiro atoms. The van der Waals surface area contributed by atoms with Gasteiger partial charge in [0.05, 0.1) is 18.7 Å². The number of aliphatic hydroxyl groups is 1. The van der Waals surface area contributed by atoms with Gasteiger partial charge >= 0.3 is 5.97 Å². The van der Waals surface area contributed by atoms with Crippen LogP contribution in [-0.4, -0.2) is 56.2 Å². The number of ether oxygens (including phenoxy) is 1. The van der Waals surface area contributed by atoms with Crippen LogP contribution >= 0.6 is 0 Å². The molecule has 0 radical (unpaired) electrons. The normalized spacial score (nSPS) is 26.8. The lowest BCUT2D eigenvalue weighted by Crippen LogP contribution is -2.49. The Labute approximate surface area is 178 Å². The Morgan fingerprint density at radius 3 is 2.58 bits per heavy atom. The number of hydrogen-bond acceptors (Lipinski definition) is 7. The van der Waals surface area contributed by atoms with Gasteiger partial charge in [0.2, 0.25) is 5.91 Å². The van der Waals surface area contributed by atoms with Crippen molar-refractivity contribution in [3.05, 3.63) is 46.9 Å². The zero-order valence-electron chi connectivity index (χ0n) is 17.2. The zero-order valence-corrected chi connectivity index (χ0v) is 17.2. The molecule has 1 saturated heterocycles. The van der Waals surface area contributed by atoms with E-state index in [1.807, 2.05) is 6.07 Å². The maximum atomic E-state index is 13.4. The summed E-state index contributed by atoms with van der Waals surface area (Å²) < 4.78 is 6.67. The van der Waals surface area contributed by atoms with Crippen molar-refractivity contribution in [3.63, 3.8) is 0 Å². The van der Waals surface area contributed by atoms with Crippen molar-refractivity contribution in [1.29, 1.82) is 0 Å². The molecule has 2 aromatic heterocycles. The van der Waals surface area contributed by atoms with E-state index in [2.05, 4.69) is 9.97 Å². The monoisotopic (exact) mass is 424 g/mol. The second-order valence-electron chi connectivity index (χ2n) is 8.51. The highest BCUT2D eigenvalue weighted by Crippen LogP contribution is 2.51. The Morgan fingerprint density at radius 2 is 1.97 bits per heavy atom. The van der Waals surface area contributed by atoms with E-state index in [4.69, 9.17) is 4.74 Å². The molecule has 9 nitrogen and oxygen atoms in total. The molecule has 3 aliphatic rings. The molecule has 2 fully saturated rings. The third kappa shape index (κ3) is 2.90. The average molecular weight is 424 g/mol.